The van der Waals surface area contributed by atoms with Crippen molar-refractivity contribution >= 4 is 16.5 Å². The molecule has 0 amide bonds. The maximum absolute atomic E-state index is 6.01. The van der Waals surface area contributed by atoms with E-state index in [1.165, 1.54) is 55.4 Å². The third-order valence-corrected chi connectivity index (χ3v) is 4.94. The molecular formula is C20H25NO2. The Balaban J connectivity index is 1.43. The molecule has 0 saturated carbocycles. The minimum Gasteiger partial charge on any atom is -0.461 e. The van der Waals surface area contributed by atoms with Gasteiger partial charge in [-0.05, 0) is 74.7 Å². The SMILES string of the molecule is C1=C(c2ccc3oc(CCCN4CCCC4)cc3c2)COCC1. The van der Waals surface area contributed by atoms with E-state index < -0.39 is 0 Å². The summed E-state index contributed by atoms with van der Waals surface area (Å²) >= 11 is 0. The van der Waals surface area contributed by atoms with Crippen LogP contribution in [0.5, 0.6) is 0 Å². The van der Waals surface area contributed by atoms with Gasteiger partial charge in [0.1, 0.15) is 11.3 Å². The van der Waals surface area contributed by atoms with Crippen LogP contribution in [0.4, 0.5) is 0 Å². The standard InChI is InChI=1S/C20H25NO2/c1-2-10-21(9-1)11-3-6-19-14-18-13-16(7-8-20(18)23-19)17-5-4-12-22-15-17/h5,7-8,13-14H,1-4,6,9-12,15H2. The number of nitrogens with zero attached hydrogens (tertiary/aromatic N) is 1. The van der Waals surface area contributed by atoms with E-state index in [9.17, 15) is 0 Å². The van der Waals surface area contributed by atoms with Crippen LogP contribution in [0.3, 0.4) is 0 Å². The molecule has 23 heavy (non-hydrogen) atoms. The molecule has 3 heteroatoms. The van der Waals surface area contributed by atoms with Gasteiger partial charge in [-0.3, -0.25) is 0 Å². The van der Waals surface area contributed by atoms with Crippen molar-refractivity contribution in [2.75, 3.05) is 32.8 Å². The first-order chi connectivity index (χ1) is 11.4. The summed E-state index contributed by atoms with van der Waals surface area (Å²) in [7, 11) is 0. The van der Waals surface area contributed by atoms with Gasteiger partial charge in [-0.15, -0.1) is 0 Å². The second-order valence-electron chi connectivity index (χ2n) is 6.69. The highest BCUT2D eigenvalue weighted by molar-refractivity contribution is 5.83. The van der Waals surface area contributed by atoms with Crippen LogP contribution in [-0.4, -0.2) is 37.7 Å². The summed E-state index contributed by atoms with van der Waals surface area (Å²) < 4.78 is 11.6. The average molecular weight is 311 g/mol. The number of rotatable bonds is 5. The summed E-state index contributed by atoms with van der Waals surface area (Å²) in [4.78, 5) is 2.57. The Kier molecular flexibility index (Phi) is 4.49. The predicted octanol–water partition coefficient (Wildman–Crippen LogP) is 4.26. The maximum atomic E-state index is 6.01. The average Bonchev–Trinajstić information content (AvgIpc) is 3.24. The molecule has 1 aromatic heterocycles. The first-order valence-electron chi connectivity index (χ1n) is 8.90. The topological polar surface area (TPSA) is 25.6 Å². The van der Waals surface area contributed by atoms with E-state index in [0.717, 1.165) is 37.4 Å². The molecule has 4 rings (SSSR count). The number of furan rings is 1. The van der Waals surface area contributed by atoms with E-state index in [2.05, 4.69) is 35.2 Å². The van der Waals surface area contributed by atoms with Gasteiger partial charge in [-0.25, -0.2) is 0 Å². The van der Waals surface area contributed by atoms with E-state index in [1.807, 2.05) is 0 Å². The third-order valence-electron chi connectivity index (χ3n) is 4.94. The molecular weight excluding hydrogens is 286 g/mol. The molecule has 0 unspecified atom stereocenters. The first-order valence-corrected chi connectivity index (χ1v) is 8.90. The van der Waals surface area contributed by atoms with Gasteiger partial charge in [0.05, 0.1) is 13.2 Å². The number of benzene rings is 1. The molecule has 0 radical (unpaired) electrons. The Morgan fingerprint density at radius 2 is 2.00 bits per heavy atom. The summed E-state index contributed by atoms with van der Waals surface area (Å²) in [5.41, 5.74) is 3.57. The lowest BCUT2D eigenvalue weighted by Gasteiger charge is -2.13. The second-order valence-corrected chi connectivity index (χ2v) is 6.69. The molecule has 0 N–H and O–H groups in total. The Morgan fingerprint density at radius 3 is 2.83 bits per heavy atom. The van der Waals surface area contributed by atoms with E-state index >= 15 is 0 Å². The van der Waals surface area contributed by atoms with Crippen molar-refractivity contribution in [1.82, 2.24) is 4.90 Å². The Hall–Kier alpha value is -1.58. The lowest BCUT2D eigenvalue weighted by atomic mass is 10.0. The van der Waals surface area contributed by atoms with Crippen molar-refractivity contribution in [1.29, 1.82) is 0 Å². The van der Waals surface area contributed by atoms with Crippen LogP contribution < -0.4 is 0 Å². The van der Waals surface area contributed by atoms with Crippen molar-refractivity contribution < 1.29 is 9.15 Å². The molecule has 0 bridgehead atoms. The van der Waals surface area contributed by atoms with E-state index in [0.29, 0.717) is 0 Å². The van der Waals surface area contributed by atoms with Crippen molar-refractivity contribution in [3.8, 4) is 0 Å². The second kappa shape index (κ2) is 6.90. The summed E-state index contributed by atoms with van der Waals surface area (Å²) in [6.07, 6.45) is 8.26. The van der Waals surface area contributed by atoms with Crippen LogP contribution >= 0.6 is 0 Å². The predicted molar refractivity (Wildman–Crippen MR) is 93.6 cm³/mol. The smallest absolute Gasteiger partial charge is 0.134 e. The largest absolute Gasteiger partial charge is 0.461 e. The minimum absolute atomic E-state index is 0.728. The molecule has 1 fully saturated rings. The van der Waals surface area contributed by atoms with Crippen molar-refractivity contribution in [2.24, 2.45) is 0 Å². The molecule has 3 nitrogen and oxygen atoms in total. The van der Waals surface area contributed by atoms with Gasteiger partial charge in [0, 0.05) is 11.8 Å². The van der Waals surface area contributed by atoms with Crippen LogP contribution in [-0.2, 0) is 11.2 Å². The summed E-state index contributed by atoms with van der Waals surface area (Å²) in [6.45, 7) is 5.33. The maximum Gasteiger partial charge on any atom is 0.134 e. The highest BCUT2D eigenvalue weighted by Crippen LogP contribution is 2.26. The molecule has 0 spiro atoms. The molecule has 0 atom stereocenters. The van der Waals surface area contributed by atoms with E-state index in [4.69, 9.17) is 9.15 Å². The van der Waals surface area contributed by atoms with E-state index in [-0.39, 0.29) is 0 Å². The van der Waals surface area contributed by atoms with Gasteiger partial charge in [0.25, 0.3) is 0 Å². The summed E-state index contributed by atoms with van der Waals surface area (Å²) in [6, 6.07) is 8.71. The summed E-state index contributed by atoms with van der Waals surface area (Å²) in [5, 5.41) is 1.21. The van der Waals surface area contributed by atoms with Crippen LogP contribution in [0.2, 0.25) is 0 Å². The van der Waals surface area contributed by atoms with Crippen LogP contribution in [0.25, 0.3) is 16.5 Å². The number of ether oxygens (including phenoxy) is 1. The Bertz CT molecular complexity index is 695. The van der Waals surface area contributed by atoms with Gasteiger partial charge in [-0.2, -0.15) is 0 Å². The van der Waals surface area contributed by atoms with E-state index in [1.54, 1.807) is 0 Å². The minimum atomic E-state index is 0.728. The fourth-order valence-electron chi connectivity index (χ4n) is 3.66. The molecule has 122 valence electrons. The molecule has 3 heterocycles. The molecule has 1 aromatic carbocycles. The zero-order valence-corrected chi connectivity index (χ0v) is 13.7. The lowest BCUT2D eigenvalue weighted by Crippen LogP contribution is -2.20. The molecule has 0 aliphatic carbocycles. The normalized spacial score (nSPS) is 19.4. The Morgan fingerprint density at radius 1 is 1.09 bits per heavy atom. The van der Waals surface area contributed by atoms with Crippen molar-refractivity contribution in [3.63, 3.8) is 0 Å². The molecule has 1 saturated heterocycles. The van der Waals surface area contributed by atoms with Gasteiger partial charge >= 0.3 is 0 Å². The zero-order valence-electron chi connectivity index (χ0n) is 13.7. The number of hydrogen-bond donors (Lipinski definition) is 0. The monoisotopic (exact) mass is 311 g/mol. The number of hydrogen-bond acceptors (Lipinski definition) is 3. The highest BCUT2D eigenvalue weighted by Gasteiger charge is 2.12. The lowest BCUT2D eigenvalue weighted by molar-refractivity contribution is 0.164. The summed E-state index contributed by atoms with van der Waals surface area (Å²) in [5.74, 6) is 1.12. The number of aryl methyl sites for hydroxylation is 1. The highest BCUT2D eigenvalue weighted by atomic mass is 16.5. The van der Waals surface area contributed by atoms with Gasteiger partial charge in [0.15, 0.2) is 0 Å². The molecule has 2 aliphatic heterocycles. The first kappa shape index (κ1) is 15.0. The third kappa shape index (κ3) is 3.51. The fraction of sp³-hybridized carbons (Fsp3) is 0.500. The number of likely N-dealkylation sites (tertiary alicyclic amines) is 1. The van der Waals surface area contributed by atoms with Crippen LogP contribution in [0.15, 0.2) is 34.8 Å². The van der Waals surface area contributed by atoms with Crippen LogP contribution in [0, 0.1) is 0 Å². The number of fused-ring (bicyclic) bond motifs is 1. The molecule has 2 aliphatic rings. The van der Waals surface area contributed by atoms with Gasteiger partial charge in [0.2, 0.25) is 0 Å². The molecule has 2 aromatic rings. The van der Waals surface area contributed by atoms with Gasteiger partial charge < -0.3 is 14.1 Å². The van der Waals surface area contributed by atoms with Gasteiger partial charge in [-0.1, -0.05) is 12.1 Å². The van der Waals surface area contributed by atoms with Crippen LogP contribution in [0.1, 0.15) is 37.0 Å². The Labute approximate surface area is 137 Å². The zero-order chi connectivity index (χ0) is 15.5. The van der Waals surface area contributed by atoms with Crippen molar-refractivity contribution in [3.05, 3.63) is 41.7 Å². The quantitative estimate of drug-likeness (QED) is 0.825. The van der Waals surface area contributed by atoms with Crippen molar-refractivity contribution in [2.45, 2.75) is 32.1 Å². The fourth-order valence-corrected chi connectivity index (χ4v) is 3.66.